The monoisotopic (exact) mass is 186 g/mol. The summed E-state index contributed by atoms with van der Waals surface area (Å²) in [7, 11) is 0. The Morgan fingerprint density at radius 1 is 1.18 bits per heavy atom. The number of hydrogen-bond donors (Lipinski definition) is 0. The lowest BCUT2D eigenvalue weighted by Crippen LogP contribution is -1.98. The fraction of sp³-hybridized carbons (Fsp3) is 0.333. The molecule has 2 rings (SSSR count). The van der Waals surface area contributed by atoms with Crippen molar-refractivity contribution < 1.29 is 0 Å². The van der Waals surface area contributed by atoms with E-state index in [0.717, 1.165) is 6.42 Å². The maximum atomic E-state index is 6.06. The summed E-state index contributed by atoms with van der Waals surface area (Å²) in [5.74, 6) is 0. The minimum Gasteiger partial charge on any atom is -0.121 e. The van der Waals surface area contributed by atoms with Crippen LogP contribution in [-0.4, -0.2) is 5.38 Å². The molecule has 1 aliphatic rings. The first-order valence-corrected chi connectivity index (χ1v) is 4.52. The average Bonchev–Trinajstić information content (AvgIpc) is 2.30. The van der Waals surface area contributed by atoms with Crippen molar-refractivity contribution >= 4 is 23.2 Å². The lowest BCUT2D eigenvalue weighted by Gasteiger charge is -2.03. The van der Waals surface area contributed by atoms with Crippen LogP contribution in [0.25, 0.3) is 0 Å². The minimum absolute atomic E-state index is 0.00728. The second kappa shape index (κ2) is 2.69. The largest absolute Gasteiger partial charge is 0.121 e. The second-order valence-corrected chi connectivity index (χ2v) is 3.85. The Bertz CT molecular complexity index is 270. The highest BCUT2D eigenvalue weighted by atomic mass is 35.5. The maximum Gasteiger partial charge on any atom is 0.0754 e. The first kappa shape index (κ1) is 7.45. The van der Waals surface area contributed by atoms with Crippen molar-refractivity contribution in [2.24, 2.45) is 0 Å². The number of fused-ring (bicyclic) bond motifs is 1. The number of benzene rings is 1. The number of hydrogen-bond acceptors (Lipinski definition) is 0. The van der Waals surface area contributed by atoms with Gasteiger partial charge in [0.05, 0.1) is 10.8 Å². The first-order valence-electron chi connectivity index (χ1n) is 3.65. The Morgan fingerprint density at radius 2 is 1.91 bits per heavy atom. The molecule has 0 radical (unpaired) electrons. The first-order chi connectivity index (χ1) is 5.29. The van der Waals surface area contributed by atoms with E-state index in [0.29, 0.717) is 0 Å². The quantitative estimate of drug-likeness (QED) is 0.547. The summed E-state index contributed by atoms with van der Waals surface area (Å²) in [4.78, 5) is 0. The third-order valence-corrected chi connectivity index (χ3v) is 3.16. The highest BCUT2D eigenvalue weighted by molar-refractivity contribution is 6.30. The number of alkyl halides is 2. The summed E-state index contributed by atoms with van der Waals surface area (Å²) in [6.45, 7) is 0. The van der Waals surface area contributed by atoms with E-state index < -0.39 is 0 Å². The summed E-state index contributed by atoms with van der Waals surface area (Å²) < 4.78 is 0. The van der Waals surface area contributed by atoms with Crippen LogP contribution in [0.15, 0.2) is 24.3 Å². The predicted octanol–water partition coefficient (Wildman–Crippen LogP) is 3.13. The van der Waals surface area contributed by atoms with Crippen LogP contribution >= 0.6 is 23.2 Å². The molecule has 58 valence electrons. The second-order valence-electron chi connectivity index (χ2n) is 2.82. The average molecular weight is 187 g/mol. The van der Waals surface area contributed by atoms with E-state index in [2.05, 4.69) is 12.1 Å². The SMILES string of the molecule is Cl[C@@H]1Cc2ccccc2[C@@H]1Cl. The Balaban J connectivity index is 2.47. The molecule has 0 heterocycles. The molecule has 0 unspecified atom stereocenters. The molecule has 0 fully saturated rings. The molecule has 0 amide bonds. The zero-order valence-corrected chi connectivity index (χ0v) is 7.44. The van der Waals surface area contributed by atoms with E-state index in [-0.39, 0.29) is 10.8 Å². The normalized spacial score (nSPS) is 28.5. The summed E-state index contributed by atoms with van der Waals surface area (Å²) in [6.07, 6.45) is 0.909. The predicted molar refractivity (Wildman–Crippen MR) is 48.4 cm³/mol. The number of halogens is 2. The van der Waals surface area contributed by atoms with E-state index >= 15 is 0 Å². The molecule has 0 saturated heterocycles. The zero-order chi connectivity index (χ0) is 7.84. The summed E-state index contributed by atoms with van der Waals surface area (Å²) in [5, 5.41) is 0.0851. The van der Waals surface area contributed by atoms with Crippen LogP contribution in [0.5, 0.6) is 0 Å². The zero-order valence-electron chi connectivity index (χ0n) is 5.93. The van der Waals surface area contributed by atoms with Crippen LogP contribution in [0.1, 0.15) is 16.5 Å². The molecular weight excluding hydrogens is 179 g/mol. The Labute approximate surface area is 76.1 Å². The molecule has 0 bridgehead atoms. The van der Waals surface area contributed by atoms with Gasteiger partial charge < -0.3 is 0 Å². The fourth-order valence-electron chi connectivity index (χ4n) is 1.50. The van der Waals surface area contributed by atoms with Crippen molar-refractivity contribution in [2.75, 3.05) is 0 Å². The molecule has 0 N–H and O–H groups in total. The molecule has 0 saturated carbocycles. The van der Waals surface area contributed by atoms with E-state index in [4.69, 9.17) is 23.2 Å². The molecule has 2 heteroatoms. The van der Waals surface area contributed by atoms with Crippen molar-refractivity contribution in [3.05, 3.63) is 35.4 Å². The topological polar surface area (TPSA) is 0 Å². The van der Waals surface area contributed by atoms with E-state index in [1.807, 2.05) is 12.1 Å². The smallest absolute Gasteiger partial charge is 0.0754 e. The Kier molecular flexibility index (Phi) is 1.82. The molecule has 0 aromatic heterocycles. The molecule has 1 aliphatic carbocycles. The van der Waals surface area contributed by atoms with Gasteiger partial charge in [0.1, 0.15) is 0 Å². The minimum atomic E-state index is 0.00728. The molecule has 0 aliphatic heterocycles. The molecule has 0 nitrogen and oxygen atoms in total. The lowest BCUT2D eigenvalue weighted by atomic mass is 10.1. The van der Waals surface area contributed by atoms with Crippen molar-refractivity contribution in [3.8, 4) is 0 Å². The Hall–Kier alpha value is -0.200. The van der Waals surface area contributed by atoms with Gasteiger partial charge in [-0.15, -0.1) is 23.2 Å². The highest BCUT2D eigenvalue weighted by Crippen LogP contribution is 2.38. The highest BCUT2D eigenvalue weighted by Gasteiger charge is 2.28. The van der Waals surface area contributed by atoms with Crippen molar-refractivity contribution in [1.82, 2.24) is 0 Å². The fourth-order valence-corrected chi connectivity index (χ4v) is 2.10. The maximum absolute atomic E-state index is 6.06. The molecule has 1 aromatic rings. The van der Waals surface area contributed by atoms with Gasteiger partial charge in [-0.05, 0) is 17.5 Å². The molecule has 11 heavy (non-hydrogen) atoms. The molecular formula is C9H8Cl2. The van der Waals surface area contributed by atoms with Crippen LogP contribution in [0.3, 0.4) is 0 Å². The van der Waals surface area contributed by atoms with E-state index in [1.165, 1.54) is 11.1 Å². The van der Waals surface area contributed by atoms with Gasteiger partial charge in [-0.25, -0.2) is 0 Å². The third kappa shape index (κ3) is 1.15. The van der Waals surface area contributed by atoms with Crippen LogP contribution in [-0.2, 0) is 6.42 Å². The van der Waals surface area contributed by atoms with Gasteiger partial charge in [-0.3, -0.25) is 0 Å². The van der Waals surface area contributed by atoms with Gasteiger partial charge in [-0.2, -0.15) is 0 Å². The summed E-state index contributed by atoms with van der Waals surface area (Å²) in [5.41, 5.74) is 2.50. The van der Waals surface area contributed by atoms with Crippen molar-refractivity contribution in [3.63, 3.8) is 0 Å². The van der Waals surface area contributed by atoms with Gasteiger partial charge >= 0.3 is 0 Å². The molecule has 1 aromatic carbocycles. The van der Waals surface area contributed by atoms with E-state index in [1.54, 1.807) is 0 Å². The lowest BCUT2D eigenvalue weighted by molar-refractivity contribution is 0.892. The van der Waals surface area contributed by atoms with E-state index in [9.17, 15) is 0 Å². The van der Waals surface area contributed by atoms with Crippen LogP contribution in [0.4, 0.5) is 0 Å². The summed E-state index contributed by atoms with van der Waals surface area (Å²) >= 11 is 12.1. The summed E-state index contributed by atoms with van der Waals surface area (Å²) in [6, 6.07) is 8.17. The van der Waals surface area contributed by atoms with Gasteiger partial charge in [-0.1, -0.05) is 24.3 Å². The molecule has 2 atom stereocenters. The van der Waals surface area contributed by atoms with Crippen LogP contribution in [0, 0.1) is 0 Å². The van der Waals surface area contributed by atoms with Crippen LogP contribution in [0.2, 0.25) is 0 Å². The Morgan fingerprint density at radius 3 is 2.64 bits per heavy atom. The third-order valence-electron chi connectivity index (χ3n) is 2.08. The van der Waals surface area contributed by atoms with Crippen molar-refractivity contribution in [1.29, 1.82) is 0 Å². The standard InChI is InChI=1S/C9H8Cl2/c10-8-5-6-3-1-2-4-7(6)9(8)11/h1-4,8-9H,5H2/t8-,9+/m1/s1. The number of rotatable bonds is 0. The molecule has 0 spiro atoms. The van der Waals surface area contributed by atoms with Gasteiger partial charge in [0.15, 0.2) is 0 Å². The van der Waals surface area contributed by atoms with Crippen molar-refractivity contribution in [2.45, 2.75) is 17.2 Å². The van der Waals surface area contributed by atoms with Gasteiger partial charge in [0.2, 0.25) is 0 Å². The van der Waals surface area contributed by atoms with Crippen LogP contribution < -0.4 is 0 Å². The van der Waals surface area contributed by atoms with Gasteiger partial charge in [0, 0.05) is 0 Å². The van der Waals surface area contributed by atoms with Gasteiger partial charge in [0.25, 0.3) is 0 Å².